The van der Waals surface area contributed by atoms with Crippen LogP contribution < -0.4 is 9.46 Å². The first kappa shape index (κ1) is 17.2. The molecule has 0 atom stereocenters. The molecule has 0 aliphatic carbocycles. The van der Waals surface area contributed by atoms with Gasteiger partial charge in [-0.05, 0) is 24.6 Å². The van der Waals surface area contributed by atoms with Gasteiger partial charge in [-0.2, -0.15) is 0 Å². The molecule has 0 unspecified atom stereocenters. The van der Waals surface area contributed by atoms with Gasteiger partial charge in [0.2, 0.25) is 10.0 Å². The largest absolute Gasteiger partial charge is 0.495 e. The van der Waals surface area contributed by atoms with Crippen LogP contribution in [0.2, 0.25) is 5.02 Å². The second kappa shape index (κ2) is 6.73. The predicted octanol–water partition coefficient (Wildman–Crippen LogP) is 0.760. The molecule has 0 heterocycles. The number of methoxy groups -OCH3 is 1. The highest BCUT2D eigenvalue weighted by molar-refractivity contribution is 7.89. The number of sulfonamides is 1. The van der Waals surface area contributed by atoms with Crippen molar-refractivity contribution < 1.29 is 23.4 Å². The van der Waals surface area contributed by atoms with Crippen molar-refractivity contribution >= 4 is 21.6 Å². The van der Waals surface area contributed by atoms with Gasteiger partial charge in [0, 0.05) is 0 Å². The van der Waals surface area contributed by atoms with E-state index in [-0.39, 0.29) is 16.3 Å². The fraction of sp³-hybridized carbons (Fsp3) is 0.500. The first-order valence-corrected chi connectivity index (χ1v) is 7.79. The summed E-state index contributed by atoms with van der Waals surface area (Å²) < 4.78 is 31.7. The SMILES string of the molecule is CCC(CO)(CO)NS(=O)(=O)c1ccc(OC)c(Cl)c1. The quantitative estimate of drug-likeness (QED) is 0.688. The van der Waals surface area contributed by atoms with Gasteiger partial charge in [0.05, 0.1) is 35.8 Å². The molecule has 0 aliphatic heterocycles. The van der Waals surface area contributed by atoms with E-state index in [4.69, 9.17) is 16.3 Å². The van der Waals surface area contributed by atoms with E-state index in [0.717, 1.165) is 0 Å². The number of aliphatic hydroxyl groups excluding tert-OH is 2. The number of aliphatic hydroxyl groups is 2. The minimum absolute atomic E-state index is 0.0666. The Morgan fingerprint density at radius 1 is 1.35 bits per heavy atom. The van der Waals surface area contributed by atoms with Gasteiger partial charge in [-0.25, -0.2) is 13.1 Å². The lowest BCUT2D eigenvalue weighted by molar-refractivity contribution is 0.105. The second-order valence-corrected chi connectivity index (χ2v) is 6.44. The Hall–Kier alpha value is -0.860. The van der Waals surface area contributed by atoms with Crippen molar-refractivity contribution in [1.29, 1.82) is 0 Å². The lowest BCUT2D eigenvalue weighted by Crippen LogP contribution is -2.53. The average molecular weight is 324 g/mol. The molecule has 0 spiro atoms. The highest BCUT2D eigenvalue weighted by atomic mass is 35.5. The van der Waals surface area contributed by atoms with E-state index in [0.29, 0.717) is 5.75 Å². The molecule has 8 heteroatoms. The molecule has 1 rings (SSSR count). The number of hydrogen-bond acceptors (Lipinski definition) is 5. The number of ether oxygens (including phenoxy) is 1. The third-order valence-corrected chi connectivity index (χ3v) is 4.94. The number of rotatable bonds is 7. The summed E-state index contributed by atoms with van der Waals surface area (Å²) in [5, 5.41) is 18.7. The number of halogens is 1. The molecule has 0 saturated carbocycles. The van der Waals surface area contributed by atoms with Gasteiger partial charge in [-0.1, -0.05) is 18.5 Å². The van der Waals surface area contributed by atoms with Crippen molar-refractivity contribution in [2.45, 2.75) is 23.8 Å². The van der Waals surface area contributed by atoms with Gasteiger partial charge in [0.15, 0.2) is 0 Å². The Morgan fingerprint density at radius 3 is 2.35 bits per heavy atom. The molecule has 0 aromatic heterocycles. The summed E-state index contributed by atoms with van der Waals surface area (Å²) >= 11 is 5.89. The van der Waals surface area contributed by atoms with E-state index in [1.54, 1.807) is 6.92 Å². The van der Waals surface area contributed by atoms with Gasteiger partial charge in [0.1, 0.15) is 5.75 Å². The summed E-state index contributed by atoms with van der Waals surface area (Å²) in [7, 11) is -2.49. The highest BCUT2D eigenvalue weighted by Gasteiger charge is 2.32. The van der Waals surface area contributed by atoms with Crippen LogP contribution in [0.1, 0.15) is 13.3 Å². The van der Waals surface area contributed by atoms with E-state index < -0.39 is 28.8 Å². The van der Waals surface area contributed by atoms with E-state index in [1.165, 1.54) is 25.3 Å². The number of benzene rings is 1. The molecular formula is C12H18ClNO5S. The standard InChI is InChI=1S/C12H18ClNO5S/c1-3-12(7-15,8-16)14-20(17,18)9-4-5-11(19-2)10(13)6-9/h4-6,14-16H,3,7-8H2,1-2H3. The summed E-state index contributed by atoms with van der Waals surface area (Å²) in [6, 6.07) is 4.02. The van der Waals surface area contributed by atoms with Crippen LogP contribution in [0.15, 0.2) is 23.1 Å². The Bertz CT molecular complexity index is 549. The zero-order valence-corrected chi connectivity index (χ0v) is 12.8. The fourth-order valence-corrected chi connectivity index (χ4v) is 3.37. The van der Waals surface area contributed by atoms with Crippen molar-refractivity contribution in [2.24, 2.45) is 0 Å². The third-order valence-electron chi connectivity index (χ3n) is 3.07. The molecule has 0 aliphatic rings. The second-order valence-electron chi connectivity index (χ2n) is 4.35. The van der Waals surface area contributed by atoms with E-state index in [2.05, 4.69) is 4.72 Å². The Morgan fingerprint density at radius 2 is 1.95 bits per heavy atom. The molecular weight excluding hydrogens is 306 g/mol. The van der Waals surface area contributed by atoms with E-state index in [1.807, 2.05) is 0 Å². The maximum absolute atomic E-state index is 12.2. The Labute approximate surface area is 123 Å². The summed E-state index contributed by atoms with van der Waals surface area (Å²) in [6.45, 7) is 0.641. The first-order valence-electron chi connectivity index (χ1n) is 5.93. The van der Waals surface area contributed by atoms with Crippen molar-refractivity contribution in [3.8, 4) is 5.75 Å². The zero-order valence-electron chi connectivity index (χ0n) is 11.3. The summed E-state index contributed by atoms with van der Waals surface area (Å²) in [5.74, 6) is 0.358. The van der Waals surface area contributed by atoms with Crippen LogP contribution in [0.3, 0.4) is 0 Å². The van der Waals surface area contributed by atoms with Crippen molar-refractivity contribution in [3.05, 3.63) is 23.2 Å². The van der Waals surface area contributed by atoms with Crippen LogP contribution >= 0.6 is 11.6 Å². The molecule has 6 nitrogen and oxygen atoms in total. The molecule has 114 valence electrons. The van der Waals surface area contributed by atoms with Crippen LogP contribution in [0.5, 0.6) is 5.75 Å². The molecule has 0 saturated heterocycles. The molecule has 0 amide bonds. The summed E-state index contributed by atoms with van der Waals surface area (Å²) in [4.78, 5) is -0.0666. The van der Waals surface area contributed by atoms with Gasteiger partial charge >= 0.3 is 0 Å². The summed E-state index contributed by atoms with van der Waals surface area (Å²) in [5.41, 5.74) is -1.30. The van der Waals surface area contributed by atoms with Crippen LogP contribution in [0, 0.1) is 0 Å². The molecule has 0 radical (unpaired) electrons. The molecule has 3 N–H and O–H groups in total. The van der Waals surface area contributed by atoms with Crippen LogP contribution in [-0.4, -0.2) is 44.5 Å². The molecule has 20 heavy (non-hydrogen) atoms. The van der Waals surface area contributed by atoms with Gasteiger partial charge in [-0.15, -0.1) is 0 Å². The smallest absolute Gasteiger partial charge is 0.241 e. The van der Waals surface area contributed by atoms with Gasteiger partial charge < -0.3 is 14.9 Å². The third kappa shape index (κ3) is 3.62. The Balaban J connectivity index is 3.14. The van der Waals surface area contributed by atoms with Crippen molar-refractivity contribution in [3.63, 3.8) is 0 Å². The van der Waals surface area contributed by atoms with E-state index >= 15 is 0 Å². The molecule has 1 aromatic carbocycles. The van der Waals surface area contributed by atoms with Crippen LogP contribution in [-0.2, 0) is 10.0 Å². The first-order chi connectivity index (χ1) is 9.34. The van der Waals surface area contributed by atoms with Crippen LogP contribution in [0.4, 0.5) is 0 Å². The molecule has 1 aromatic rings. The van der Waals surface area contributed by atoms with Gasteiger partial charge in [-0.3, -0.25) is 0 Å². The summed E-state index contributed by atoms with van der Waals surface area (Å²) in [6.07, 6.45) is 0.239. The fourth-order valence-electron chi connectivity index (χ4n) is 1.57. The number of nitrogens with one attached hydrogen (secondary N) is 1. The average Bonchev–Trinajstić information content (AvgIpc) is 2.44. The zero-order chi connectivity index (χ0) is 15.4. The lowest BCUT2D eigenvalue weighted by atomic mass is 10.0. The maximum atomic E-state index is 12.2. The maximum Gasteiger partial charge on any atom is 0.241 e. The topological polar surface area (TPSA) is 95.9 Å². The monoisotopic (exact) mass is 323 g/mol. The minimum atomic E-state index is -3.91. The lowest BCUT2D eigenvalue weighted by Gasteiger charge is -2.29. The molecule has 0 bridgehead atoms. The normalized spacial score (nSPS) is 12.4. The van der Waals surface area contributed by atoms with Crippen molar-refractivity contribution in [2.75, 3.05) is 20.3 Å². The van der Waals surface area contributed by atoms with Crippen LogP contribution in [0.25, 0.3) is 0 Å². The van der Waals surface area contributed by atoms with Gasteiger partial charge in [0.25, 0.3) is 0 Å². The molecule has 0 fully saturated rings. The minimum Gasteiger partial charge on any atom is -0.495 e. The predicted molar refractivity (Wildman–Crippen MR) is 75.5 cm³/mol. The highest BCUT2D eigenvalue weighted by Crippen LogP contribution is 2.27. The van der Waals surface area contributed by atoms with Crippen molar-refractivity contribution in [1.82, 2.24) is 4.72 Å². The Kier molecular flexibility index (Phi) is 5.79. The number of hydrogen-bond donors (Lipinski definition) is 3. The van der Waals surface area contributed by atoms with E-state index in [9.17, 15) is 18.6 Å².